The van der Waals surface area contributed by atoms with E-state index in [0.717, 1.165) is 152 Å². The van der Waals surface area contributed by atoms with E-state index in [1.165, 1.54) is 12.7 Å². The average Bonchev–Trinajstić information content (AvgIpc) is 3.90. The van der Waals surface area contributed by atoms with E-state index in [4.69, 9.17) is 9.97 Å². The summed E-state index contributed by atoms with van der Waals surface area (Å²) in [7, 11) is 0. The highest BCUT2D eigenvalue weighted by molar-refractivity contribution is 6.04. The van der Waals surface area contributed by atoms with Crippen molar-refractivity contribution < 1.29 is 9.59 Å². The second-order valence-electron chi connectivity index (χ2n) is 16.8. The van der Waals surface area contributed by atoms with Gasteiger partial charge in [-0.15, -0.1) is 0 Å². The first-order valence-corrected chi connectivity index (χ1v) is 22.1. The zero-order chi connectivity index (χ0) is 41.7. The molecule has 12 rings (SSSR count). The lowest BCUT2D eigenvalue weighted by molar-refractivity contribution is 0.238. The standard InChI is InChI=1S/C23H32N8O.C20H26N8O/c1-17(2)28-10-3-11-30(15-14-28)21-5-4-19-22(27-21)31(18-7-12-29(19)13-8-18)23(32)26-20-6-9-24-16-25-20;29-20(24-17-4-8-22-14-23-17)28-15-5-11-26(12-6-15)16-2-3-18(25-19(16)28)27-10-1-7-21-9-13-27/h4-6,9,16-18H,3,7-8,10-15H2,1-2H3,(H,24,25,26,32);2-4,8,14-15,21H,1,5-7,9-13H2,(H,22,23,24,29). The number of aromatic nitrogens is 6. The predicted molar refractivity (Wildman–Crippen MR) is 239 cm³/mol. The van der Waals surface area contributed by atoms with E-state index in [1.54, 1.807) is 24.5 Å². The molecule has 8 aliphatic rings. The molecule has 8 aliphatic heterocycles. The predicted octanol–water partition coefficient (Wildman–Crippen LogP) is 4.51. The molecule has 4 fully saturated rings. The molecule has 18 heteroatoms. The number of amides is 4. The lowest BCUT2D eigenvalue weighted by atomic mass is 10.1. The molecular formula is C43H58N16O2. The van der Waals surface area contributed by atoms with Gasteiger partial charge in [-0.3, -0.25) is 25.3 Å². The van der Waals surface area contributed by atoms with Gasteiger partial charge in [-0.1, -0.05) is 0 Å². The van der Waals surface area contributed by atoms with Crippen LogP contribution in [0.15, 0.2) is 61.4 Å². The highest BCUT2D eigenvalue weighted by Crippen LogP contribution is 2.41. The maximum absolute atomic E-state index is 13.4. The van der Waals surface area contributed by atoms with Crippen molar-refractivity contribution in [3.8, 4) is 0 Å². The molecule has 0 aromatic carbocycles. The molecule has 3 N–H and O–H groups in total. The first-order chi connectivity index (χ1) is 29.9. The summed E-state index contributed by atoms with van der Waals surface area (Å²) >= 11 is 0. The number of carbonyl (C=O) groups is 2. The first kappa shape index (κ1) is 40.5. The Kier molecular flexibility index (Phi) is 12.2. The van der Waals surface area contributed by atoms with Crippen LogP contribution in [0.25, 0.3) is 0 Å². The third-order valence-electron chi connectivity index (χ3n) is 12.8. The fourth-order valence-corrected chi connectivity index (χ4v) is 9.49. The highest BCUT2D eigenvalue weighted by atomic mass is 16.2. The highest BCUT2D eigenvalue weighted by Gasteiger charge is 2.39. The molecular weight excluding hydrogens is 773 g/mol. The van der Waals surface area contributed by atoms with Crippen molar-refractivity contribution in [2.45, 2.75) is 70.5 Å². The summed E-state index contributed by atoms with van der Waals surface area (Å²) in [5.41, 5.74) is 2.09. The summed E-state index contributed by atoms with van der Waals surface area (Å²) in [5.74, 6) is 4.42. The van der Waals surface area contributed by atoms with Gasteiger partial charge in [0.1, 0.15) is 35.9 Å². The summed E-state index contributed by atoms with van der Waals surface area (Å²) < 4.78 is 0. The fourth-order valence-electron chi connectivity index (χ4n) is 9.49. The number of pyridine rings is 2. The topological polar surface area (TPSA) is 170 Å². The van der Waals surface area contributed by atoms with Gasteiger partial charge in [-0.2, -0.15) is 0 Å². The second kappa shape index (κ2) is 18.4. The third-order valence-corrected chi connectivity index (χ3v) is 12.8. The molecule has 0 aliphatic carbocycles. The summed E-state index contributed by atoms with van der Waals surface area (Å²) in [6.45, 7) is 16.3. The molecule has 18 nitrogen and oxygen atoms in total. The van der Waals surface area contributed by atoms with Crippen LogP contribution in [0.1, 0.15) is 52.4 Å². The molecule has 0 saturated carbocycles. The van der Waals surface area contributed by atoms with Crippen LogP contribution in [0.3, 0.4) is 0 Å². The summed E-state index contributed by atoms with van der Waals surface area (Å²) in [6, 6.07) is 12.4. The maximum Gasteiger partial charge on any atom is 0.328 e. The minimum absolute atomic E-state index is 0.137. The number of nitrogens with one attached hydrogen (secondary N) is 3. The molecule has 61 heavy (non-hydrogen) atoms. The van der Waals surface area contributed by atoms with Crippen molar-refractivity contribution in [2.75, 3.05) is 119 Å². The van der Waals surface area contributed by atoms with Crippen molar-refractivity contribution >= 4 is 58.3 Å². The van der Waals surface area contributed by atoms with E-state index >= 15 is 0 Å². The number of anilines is 8. The van der Waals surface area contributed by atoms with Crippen LogP contribution in [0.2, 0.25) is 0 Å². The molecule has 4 aromatic heterocycles. The van der Waals surface area contributed by atoms with E-state index in [2.05, 4.69) is 98.5 Å². The largest absolute Gasteiger partial charge is 0.368 e. The van der Waals surface area contributed by atoms with Gasteiger partial charge in [0.2, 0.25) is 0 Å². The van der Waals surface area contributed by atoms with Crippen molar-refractivity contribution in [3.05, 3.63) is 61.4 Å². The van der Waals surface area contributed by atoms with Crippen molar-refractivity contribution in [1.29, 1.82) is 0 Å². The Morgan fingerprint density at radius 3 is 1.62 bits per heavy atom. The molecule has 0 spiro atoms. The van der Waals surface area contributed by atoms with Crippen LogP contribution in [0.4, 0.5) is 55.9 Å². The number of carbonyl (C=O) groups excluding carboxylic acids is 2. The van der Waals surface area contributed by atoms with Gasteiger partial charge >= 0.3 is 12.1 Å². The second-order valence-corrected chi connectivity index (χ2v) is 16.8. The number of rotatable bonds is 5. The zero-order valence-corrected chi connectivity index (χ0v) is 35.4. The van der Waals surface area contributed by atoms with Gasteiger partial charge in [-0.05, 0) is 95.3 Å². The zero-order valence-electron chi connectivity index (χ0n) is 35.4. The quantitative estimate of drug-likeness (QED) is 0.257. The Bertz CT molecular complexity index is 2100. The monoisotopic (exact) mass is 830 g/mol. The number of hydrogen-bond acceptors (Lipinski definition) is 14. The van der Waals surface area contributed by atoms with Gasteiger partial charge in [-0.25, -0.2) is 39.5 Å². The Morgan fingerprint density at radius 1 is 0.590 bits per heavy atom. The van der Waals surface area contributed by atoms with Crippen LogP contribution in [0, 0.1) is 0 Å². The van der Waals surface area contributed by atoms with Crippen LogP contribution in [0.5, 0.6) is 0 Å². The van der Waals surface area contributed by atoms with E-state index in [1.807, 2.05) is 9.80 Å². The molecule has 322 valence electrons. The molecule has 0 radical (unpaired) electrons. The van der Waals surface area contributed by atoms with Gasteiger partial charge in [0.15, 0.2) is 11.6 Å². The smallest absolute Gasteiger partial charge is 0.328 e. The Morgan fingerprint density at radius 2 is 1.11 bits per heavy atom. The maximum atomic E-state index is 13.4. The molecule has 0 unspecified atom stereocenters. The summed E-state index contributed by atoms with van der Waals surface area (Å²) in [6.07, 6.45) is 12.1. The van der Waals surface area contributed by atoms with Crippen LogP contribution in [-0.2, 0) is 0 Å². The van der Waals surface area contributed by atoms with Crippen LogP contribution < -0.4 is 45.3 Å². The molecule has 4 bridgehead atoms. The normalized spacial score (nSPS) is 19.6. The summed E-state index contributed by atoms with van der Waals surface area (Å²) in [5, 5.41) is 9.31. The number of nitrogens with zero attached hydrogens (tertiary/aromatic N) is 13. The van der Waals surface area contributed by atoms with E-state index in [-0.39, 0.29) is 24.1 Å². The van der Waals surface area contributed by atoms with Crippen molar-refractivity contribution in [1.82, 2.24) is 40.1 Å². The first-order valence-electron chi connectivity index (χ1n) is 22.1. The lowest BCUT2D eigenvalue weighted by Crippen LogP contribution is -2.46. The van der Waals surface area contributed by atoms with Crippen molar-refractivity contribution in [2.24, 2.45) is 0 Å². The molecule has 4 saturated heterocycles. The third kappa shape index (κ3) is 8.96. The minimum Gasteiger partial charge on any atom is -0.368 e. The average molecular weight is 831 g/mol. The minimum atomic E-state index is -0.180. The molecule has 4 amide bonds. The molecule has 12 heterocycles. The summed E-state index contributed by atoms with van der Waals surface area (Å²) in [4.78, 5) is 68.6. The van der Waals surface area contributed by atoms with Crippen molar-refractivity contribution in [3.63, 3.8) is 0 Å². The van der Waals surface area contributed by atoms with Gasteiger partial charge < -0.3 is 24.9 Å². The van der Waals surface area contributed by atoms with E-state index in [0.29, 0.717) is 17.7 Å². The van der Waals surface area contributed by atoms with Gasteiger partial charge in [0.25, 0.3) is 0 Å². The Labute approximate surface area is 357 Å². The number of urea groups is 2. The lowest BCUT2D eigenvalue weighted by Gasteiger charge is -2.31. The van der Waals surface area contributed by atoms with E-state index in [9.17, 15) is 9.59 Å². The SMILES string of the molecule is CC(C)N1CCCN(c2ccc3c(n2)N(C(=O)Nc2ccncn2)C2CCN3CC2)CC1.O=C(Nc1ccncn1)N1c2nc(N3CCCNCC3)ccc2N2CCC1CC2. The van der Waals surface area contributed by atoms with E-state index < -0.39 is 0 Å². The van der Waals surface area contributed by atoms with Gasteiger partial charge in [0.05, 0.1) is 11.4 Å². The number of hydrogen-bond donors (Lipinski definition) is 3. The molecule has 4 aromatic rings. The number of fused-ring (bicyclic) bond motifs is 4. The van der Waals surface area contributed by atoms with Crippen LogP contribution in [-0.4, -0.2) is 144 Å². The Balaban J connectivity index is 0.000000157. The van der Waals surface area contributed by atoms with Gasteiger partial charge in [0, 0.05) is 103 Å². The Hall–Kier alpha value is -5.88. The number of piperidine rings is 2. The molecule has 0 atom stereocenters. The van der Waals surface area contributed by atoms with Crippen LogP contribution >= 0.6 is 0 Å². The fraction of sp³-hybridized carbons (Fsp3) is 0.535.